The number of ether oxygens (including phenoxy) is 1. The lowest BCUT2D eigenvalue weighted by Crippen LogP contribution is -2.41. The van der Waals surface area contributed by atoms with Crippen LogP contribution in [0.4, 0.5) is 5.95 Å². The summed E-state index contributed by atoms with van der Waals surface area (Å²) in [6.07, 6.45) is 13.6. The van der Waals surface area contributed by atoms with Crippen molar-refractivity contribution in [1.29, 1.82) is 0 Å². The van der Waals surface area contributed by atoms with Crippen molar-refractivity contribution in [3.63, 3.8) is 0 Å². The van der Waals surface area contributed by atoms with Crippen LogP contribution in [0.2, 0.25) is 0 Å². The van der Waals surface area contributed by atoms with Crippen molar-refractivity contribution in [1.82, 2.24) is 19.4 Å². The number of anilines is 1. The SMILES string of the molecule is C[C@H]1CC2(CCN(c3ncc(Sc4cncc5ccccc45)c4nccn34)CC2)CO1. The van der Waals surface area contributed by atoms with E-state index in [1.807, 2.05) is 37.1 Å². The molecule has 3 aromatic heterocycles. The van der Waals surface area contributed by atoms with Crippen LogP contribution in [0.1, 0.15) is 26.2 Å². The predicted molar refractivity (Wildman–Crippen MR) is 123 cm³/mol. The molecule has 6 nitrogen and oxygen atoms in total. The predicted octanol–water partition coefficient (Wildman–Crippen LogP) is 4.82. The van der Waals surface area contributed by atoms with Crippen molar-refractivity contribution < 1.29 is 4.74 Å². The Morgan fingerprint density at radius 2 is 1.94 bits per heavy atom. The zero-order chi connectivity index (χ0) is 20.8. The largest absolute Gasteiger partial charge is 0.378 e. The molecule has 31 heavy (non-hydrogen) atoms. The molecule has 7 heteroatoms. The Bertz CT molecular complexity index is 1240. The third-order valence-corrected chi connectivity index (χ3v) is 7.78. The van der Waals surface area contributed by atoms with Crippen LogP contribution in [0.3, 0.4) is 0 Å². The minimum absolute atomic E-state index is 0.362. The van der Waals surface area contributed by atoms with Crippen LogP contribution in [0, 0.1) is 5.41 Å². The summed E-state index contributed by atoms with van der Waals surface area (Å²) in [7, 11) is 0. The first-order valence-corrected chi connectivity index (χ1v) is 11.7. The van der Waals surface area contributed by atoms with Crippen molar-refractivity contribution in [2.24, 2.45) is 5.41 Å². The van der Waals surface area contributed by atoms with Crippen molar-refractivity contribution in [3.8, 4) is 0 Å². The second kappa shape index (κ2) is 7.50. The third kappa shape index (κ3) is 3.36. The molecule has 158 valence electrons. The van der Waals surface area contributed by atoms with Gasteiger partial charge in [0.05, 0.1) is 17.6 Å². The number of imidazole rings is 1. The monoisotopic (exact) mass is 431 g/mol. The maximum absolute atomic E-state index is 5.89. The van der Waals surface area contributed by atoms with E-state index in [9.17, 15) is 0 Å². The van der Waals surface area contributed by atoms with Gasteiger partial charge in [-0.25, -0.2) is 9.97 Å². The van der Waals surface area contributed by atoms with Crippen LogP contribution in [0.25, 0.3) is 16.4 Å². The lowest BCUT2D eigenvalue weighted by Gasteiger charge is -2.39. The van der Waals surface area contributed by atoms with Crippen LogP contribution < -0.4 is 4.90 Å². The van der Waals surface area contributed by atoms with E-state index in [2.05, 4.69) is 44.4 Å². The zero-order valence-corrected chi connectivity index (χ0v) is 18.4. The number of rotatable bonds is 3. The average Bonchev–Trinajstić information content (AvgIpc) is 3.43. The second-order valence-corrected chi connectivity index (χ2v) is 9.90. The van der Waals surface area contributed by atoms with Gasteiger partial charge in [0.1, 0.15) is 0 Å². The molecular weight excluding hydrogens is 406 g/mol. The molecule has 1 aromatic carbocycles. The minimum atomic E-state index is 0.362. The standard InChI is InChI=1S/C24H25N5OS/c1-17-12-24(16-30-17)6-9-28(10-7-24)23-27-15-21(22-26-8-11-29(22)23)31-20-14-25-13-18-4-2-3-5-19(18)20/h2-5,8,11,13-15,17H,6-7,9-10,12,16H2,1H3/t17-/m0/s1. The second-order valence-electron chi connectivity index (χ2n) is 8.82. The maximum atomic E-state index is 5.89. The molecular formula is C24H25N5OS. The molecule has 6 rings (SSSR count). The van der Waals surface area contributed by atoms with E-state index >= 15 is 0 Å². The molecule has 4 aromatic rings. The zero-order valence-electron chi connectivity index (χ0n) is 17.6. The van der Waals surface area contributed by atoms with E-state index in [1.165, 1.54) is 11.8 Å². The van der Waals surface area contributed by atoms with Gasteiger partial charge in [-0.05, 0) is 37.0 Å². The molecule has 0 saturated carbocycles. The highest BCUT2D eigenvalue weighted by Gasteiger charge is 2.41. The summed E-state index contributed by atoms with van der Waals surface area (Å²) in [5, 5.41) is 2.34. The summed E-state index contributed by atoms with van der Waals surface area (Å²) >= 11 is 1.68. The fourth-order valence-corrected chi connectivity index (χ4v) is 6.05. The Morgan fingerprint density at radius 1 is 1.06 bits per heavy atom. The minimum Gasteiger partial charge on any atom is -0.378 e. The Balaban J connectivity index is 1.29. The first-order valence-electron chi connectivity index (χ1n) is 10.9. The van der Waals surface area contributed by atoms with E-state index in [0.29, 0.717) is 11.5 Å². The molecule has 0 N–H and O–H groups in total. The summed E-state index contributed by atoms with van der Waals surface area (Å²) < 4.78 is 8.02. The smallest absolute Gasteiger partial charge is 0.211 e. The normalized spacial score (nSPS) is 20.8. The Morgan fingerprint density at radius 3 is 2.77 bits per heavy atom. The molecule has 1 spiro atoms. The van der Waals surface area contributed by atoms with E-state index in [1.54, 1.807) is 11.8 Å². The topological polar surface area (TPSA) is 55.6 Å². The molecule has 5 heterocycles. The molecule has 0 bridgehead atoms. The first kappa shape index (κ1) is 19.1. The number of benzene rings is 1. The number of piperidine rings is 1. The van der Waals surface area contributed by atoms with E-state index in [-0.39, 0.29) is 0 Å². The van der Waals surface area contributed by atoms with Gasteiger partial charge in [-0.15, -0.1) is 0 Å². The maximum Gasteiger partial charge on any atom is 0.211 e. The molecule has 1 atom stereocenters. The number of nitrogens with zero attached hydrogens (tertiary/aromatic N) is 5. The van der Waals surface area contributed by atoms with Gasteiger partial charge >= 0.3 is 0 Å². The lowest BCUT2D eigenvalue weighted by molar-refractivity contribution is 0.0975. The summed E-state index contributed by atoms with van der Waals surface area (Å²) in [5.74, 6) is 0.981. The van der Waals surface area contributed by atoms with Gasteiger partial charge in [-0.2, -0.15) is 0 Å². The number of hydrogen-bond donors (Lipinski definition) is 0. The Kier molecular flexibility index (Phi) is 4.61. The van der Waals surface area contributed by atoms with Crippen molar-refractivity contribution in [2.75, 3.05) is 24.6 Å². The fraction of sp³-hybridized carbons (Fsp3) is 0.375. The molecule has 2 saturated heterocycles. The van der Waals surface area contributed by atoms with Gasteiger partial charge in [0, 0.05) is 54.4 Å². The molecule has 0 aliphatic carbocycles. The molecule has 2 fully saturated rings. The van der Waals surface area contributed by atoms with Gasteiger partial charge in [0.15, 0.2) is 5.65 Å². The summed E-state index contributed by atoms with van der Waals surface area (Å²) in [5.41, 5.74) is 1.31. The lowest BCUT2D eigenvalue weighted by atomic mass is 9.77. The number of aromatic nitrogens is 4. The molecule has 2 aliphatic rings. The highest BCUT2D eigenvalue weighted by atomic mass is 32.2. The van der Waals surface area contributed by atoms with Gasteiger partial charge in [-0.1, -0.05) is 36.0 Å². The molecule has 0 radical (unpaired) electrons. The fourth-order valence-electron chi connectivity index (χ4n) is 5.05. The van der Waals surface area contributed by atoms with Gasteiger partial charge in [0.25, 0.3) is 0 Å². The Labute approximate surface area is 185 Å². The van der Waals surface area contributed by atoms with Crippen LogP contribution in [0.5, 0.6) is 0 Å². The number of hydrogen-bond acceptors (Lipinski definition) is 6. The third-order valence-electron chi connectivity index (χ3n) is 6.73. The summed E-state index contributed by atoms with van der Waals surface area (Å²) in [6.45, 7) is 5.12. The number of pyridine rings is 1. The van der Waals surface area contributed by atoms with Gasteiger partial charge < -0.3 is 9.64 Å². The van der Waals surface area contributed by atoms with Crippen LogP contribution in [-0.4, -0.2) is 45.2 Å². The van der Waals surface area contributed by atoms with Crippen LogP contribution in [0.15, 0.2) is 65.0 Å². The first-order chi connectivity index (χ1) is 15.2. The quantitative estimate of drug-likeness (QED) is 0.463. The molecule has 0 amide bonds. The molecule has 0 unspecified atom stereocenters. The average molecular weight is 432 g/mol. The van der Waals surface area contributed by atoms with Gasteiger partial charge in [0.2, 0.25) is 5.95 Å². The van der Waals surface area contributed by atoms with Crippen molar-refractivity contribution >= 4 is 34.1 Å². The highest BCUT2D eigenvalue weighted by molar-refractivity contribution is 7.99. The summed E-state index contributed by atoms with van der Waals surface area (Å²) in [6, 6.07) is 8.35. The van der Waals surface area contributed by atoms with Crippen molar-refractivity contribution in [2.45, 2.75) is 42.1 Å². The van der Waals surface area contributed by atoms with Crippen LogP contribution >= 0.6 is 11.8 Å². The number of fused-ring (bicyclic) bond motifs is 2. The van der Waals surface area contributed by atoms with Crippen molar-refractivity contribution in [3.05, 3.63) is 55.2 Å². The highest BCUT2D eigenvalue weighted by Crippen LogP contribution is 2.43. The van der Waals surface area contributed by atoms with E-state index in [4.69, 9.17) is 9.72 Å². The van der Waals surface area contributed by atoms with E-state index in [0.717, 1.165) is 59.3 Å². The van der Waals surface area contributed by atoms with Gasteiger partial charge in [-0.3, -0.25) is 9.38 Å². The summed E-state index contributed by atoms with van der Waals surface area (Å²) in [4.78, 5) is 18.5. The Hall–Kier alpha value is -2.64. The van der Waals surface area contributed by atoms with Crippen LogP contribution in [-0.2, 0) is 4.74 Å². The van der Waals surface area contributed by atoms with E-state index < -0.39 is 0 Å². The molecule has 2 aliphatic heterocycles.